The summed E-state index contributed by atoms with van der Waals surface area (Å²) < 4.78 is 5.52. The highest BCUT2D eigenvalue weighted by Gasteiger charge is 2.36. The van der Waals surface area contributed by atoms with Gasteiger partial charge in [-0.1, -0.05) is 34.1 Å². The molecule has 0 fully saturated rings. The largest absolute Gasteiger partial charge is 0.379 e. The molecule has 0 aromatic carbocycles. The quantitative estimate of drug-likeness (QED) is 0.633. The summed E-state index contributed by atoms with van der Waals surface area (Å²) in [7, 11) is 1.80. The van der Waals surface area contributed by atoms with Crippen molar-refractivity contribution in [1.29, 1.82) is 0 Å². The van der Waals surface area contributed by atoms with E-state index >= 15 is 0 Å². The molecular formula is C11H24O. The first kappa shape index (κ1) is 12.0. The van der Waals surface area contributed by atoms with Crippen LogP contribution in [0.5, 0.6) is 0 Å². The third-order valence-corrected chi connectivity index (χ3v) is 2.82. The molecule has 0 aliphatic heterocycles. The summed E-state index contributed by atoms with van der Waals surface area (Å²) in [6, 6.07) is 0. The van der Waals surface area contributed by atoms with E-state index in [9.17, 15) is 0 Å². The van der Waals surface area contributed by atoms with E-state index in [0.29, 0.717) is 11.3 Å². The minimum atomic E-state index is -0.00694. The average Bonchev–Trinajstić information content (AvgIpc) is 1.85. The van der Waals surface area contributed by atoms with Crippen molar-refractivity contribution >= 4 is 0 Å². The van der Waals surface area contributed by atoms with Crippen LogP contribution in [0.15, 0.2) is 0 Å². The van der Waals surface area contributed by atoms with Gasteiger partial charge < -0.3 is 4.74 Å². The number of methoxy groups -OCH3 is 1. The zero-order valence-electron chi connectivity index (χ0n) is 9.69. The highest BCUT2D eigenvalue weighted by molar-refractivity contribution is 4.86. The molecule has 0 heterocycles. The predicted octanol–water partition coefficient (Wildman–Crippen LogP) is 3.48. The molecule has 0 saturated heterocycles. The van der Waals surface area contributed by atoms with Gasteiger partial charge in [-0.25, -0.2) is 0 Å². The van der Waals surface area contributed by atoms with Crippen LogP contribution < -0.4 is 0 Å². The van der Waals surface area contributed by atoms with Crippen molar-refractivity contribution in [3.63, 3.8) is 0 Å². The third kappa shape index (κ3) is 2.78. The molecule has 0 aliphatic carbocycles. The molecule has 1 atom stereocenters. The van der Waals surface area contributed by atoms with Crippen molar-refractivity contribution < 1.29 is 4.74 Å². The molecule has 0 bridgehead atoms. The van der Waals surface area contributed by atoms with Crippen molar-refractivity contribution in [2.75, 3.05) is 7.11 Å². The topological polar surface area (TPSA) is 9.23 Å². The Morgan fingerprint density at radius 2 is 1.50 bits per heavy atom. The lowest BCUT2D eigenvalue weighted by molar-refractivity contribution is -0.0676. The van der Waals surface area contributed by atoms with Gasteiger partial charge in [0.05, 0.1) is 5.60 Å². The van der Waals surface area contributed by atoms with E-state index in [1.54, 1.807) is 7.11 Å². The standard InChI is InChI=1S/C11H24O/c1-8-9(10(2,3)4)11(5,6)12-7/h9H,8H2,1-7H3. The third-order valence-electron chi connectivity index (χ3n) is 2.82. The maximum Gasteiger partial charge on any atom is 0.0655 e. The van der Waals surface area contributed by atoms with Gasteiger partial charge in [0.25, 0.3) is 0 Å². The van der Waals surface area contributed by atoms with Crippen LogP contribution in [0.25, 0.3) is 0 Å². The molecule has 0 saturated carbocycles. The van der Waals surface area contributed by atoms with E-state index in [1.165, 1.54) is 6.42 Å². The Morgan fingerprint density at radius 3 is 1.58 bits per heavy atom. The fourth-order valence-electron chi connectivity index (χ4n) is 2.29. The van der Waals surface area contributed by atoms with Crippen molar-refractivity contribution in [2.24, 2.45) is 11.3 Å². The van der Waals surface area contributed by atoms with Gasteiger partial charge in [-0.05, 0) is 25.2 Å². The maximum atomic E-state index is 5.52. The number of hydrogen-bond acceptors (Lipinski definition) is 1. The SMILES string of the molecule is CCC(C(C)(C)C)C(C)(C)OC. The Morgan fingerprint density at radius 1 is 1.08 bits per heavy atom. The number of hydrogen-bond donors (Lipinski definition) is 0. The van der Waals surface area contributed by atoms with Crippen LogP contribution in [-0.2, 0) is 4.74 Å². The fraction of sp³-hybridized carbons (Fsp3) is 1.00. The van der Waals surface area contributed by atoms with Gasteiger partial charge in [0.15, 0.2) is 0 Å². The van der Waals surface area contributed by atoms with Gasteiger partial charge in [-0.2, -0.15) is 0 Å². The Kier molecular flexibility index (Phi) is 3.77. The molecule has 0 aromatic rings. The summed E-state index contributed by atoms with van der Waals surface area (Å²) in [5.74, 6) is 0.606. The summed E-state index contributed by atoms with van der Waals surface area (Å²) in [6.45, 7) is 13.4. The summed E-state index contributed by atoms with van der Waals surface area (Å²) in [4.78, 5) is 0. The van der Waals surface area contributed by atoms with E-state index < -0.39 is 0 Å². The molecule has 1 unspecified atom stereocenters. The lowest BCUT2D eigenvalue weighted by atomic mass is 9.70. The van der Waals surface area contributed by atoms with E-state index in [-0.39, 0.29) is 5.60 Å². The molecule has 12 heavy (non-hydrogen) atoms. The van der Waals surface area contributed by atoms with Gasteiger partial charge in [-0.3, -0.25) is 0 Å². The Bertz CT molecular complexity index is 130. The maximum absolute atomic E-state index is 5.52. The Hall–Kier alpha value is -0.0400. The van der Waals surface area contributed by atoms with Crippen molar-refractivity contribution in [3.05, 3.63) is 0 Å². The second-order valence-electron chi connectivity index (χ2n) is 5.13. The van der Waals surface area contributed by atoms with Crippen molar-refractivity contribution in [1.82, 2.24) is 0 Å². The Balaban J connectivity index is 4.56. The molecule has 0 radical (unpaired) electrons. The summed E-state index contributed by atoms with van der Waals surface area (Å²) in [5.41, 5.74) is 0.321. The lowest BCUT2D eigenvalue weighted by Crippen LogP contribution is -2.40. The second kappa shape index (κ2) is 3.78. The van der Waals surface area contributed by atoms with Crippen molar-refractivity contribution in [2.45, 2.75) is 53.6 Å². The molecular weight excluding hydrogens is 148 g/mol. The summed E-state index contributed by atoms with van der Waals surface area (Å²) >= 11 is 0. The highest BCUT2D eigenvalue weighted by atomic mass is 16.5. The van der Waals surface area contributed by atoms with E-state index in [1.807, 2.05) is 0 Å². The minimum Gasteiger partial charge on any atom is -0.379 e. The number of rotatable bonds is 3. The molecule has 0 amide bonds. The molecule has 0 aromatic heterocycles. The fourth-order valence-corrected chi connectivity index (χ4v) is 2.29. The number of ether oxygens (including phenoxy) is 1. The van der Waals surface area contributed by atoms with Crippen LogP contribution in [0, 0.1) is 11.3 Å². The van der Waals surface area contributed by atoms with Crippen LogP contribution in [-0.4, -0.2) is 12.7 Å². The first-order chi connectivity index (χ1) is 5.25. The monoisotopic (exact) mass is 172 g/mol. The van der Waals surface area contributed by atoms with Crippen LogP contribution in [0.2, 0.25) is 0 Å². The highest BCUT2D eigenvalue weighted by Crippen LogP contribution is 2.38. The molecule has 0 rings (SSSR count). The molecule has 0 N–H and O–H groups in total. The van der Waals surface area contributed by atoms with Gasteiger partial charge in [-0.15, -0.1) is 0 Å². The first-order valence-electron chi connectivity index (χ1n) is 4.81. The van der Waals surface area contributed by atoms with Gasteiger partial charge in [0, 0.05) is 7.11 Å². The van der Waals surface area contributed by atoms with Crippen LogP contribution >= 0.6 is 0 Å². The summed E-state index contributed by atoms with van der Waals surface area (Å²) in [6.07, 6.45) is 1.17. The first-order valence-corrected chi connectivity index (χ1v) is 4.81. The van der Waals surface area contributed by atoms with E-state index in [2.05, 4.69) is 41.5 Å². The second-order valence-corrected chi connectivity index (χ2v) is 5.13. The van der Waals surface area contributed by atoms with Crippen LogP contribution in [0.4, 0.5) is 0 Å². The van der Waals surface area contributed by atoms with E-state index in [0.717, 1.165) is 0 Å². The zero-order chi connectivity index (χ0) is 9.99. The summed E-state index contributed by atoms with van der Waals surface area (Å²) in [5, 5.41) is 0. The molecule has 0 aliphatic rings. The van der Waals surface area contributed by atoms with E-state index in [4.69, 9.17) is 4.74 Å². The van der Waals surface area contributed by atoms with Crippen LogP contribution in [0.1, 0.15) is 48.0 Å². The van der Waals surface area contributed by atoms with Gasteiger partial charge >= 0.3 is 0 Å². The van der Waals surface area contributed by atoms with Crippen LogP contribution in [0.3, 0.4) is 0 Å². The molecule has 1 heteroatoms. The zero-order valence-corrected chi connectivity index (χ0v) is 9.69. The Labute approximate surface area is 77.5 Å². The van der Waals surface area contributed by atoms with Gasteiger partial charge in [0.2, 0.25) is 0 Å². The van der Waals surface area contributed by atoms with Gasteiger partial charge in [0.1, 0.15) is 0 Å². The lowest BCUT2D eigenvalue weighted by Gasteiger charge is -2.41. The smallest absolute Gasteiger partial charge is 0.0655 e. The van der Waals surface area contributed by atoms with Crippen molar-refractivity contribution in [3.8, 4) is 0 Å². The molecule has 1 nitrogen and oxygen atoms in total. The average molecular weight is 172 g/mol. The molecule has 0 spiro atoms. The predicted molar refractivity (Wildman–Crippen MR) is 54.3 cm³/mol. The normalized spacial score (nSPS) is 16.2. The minimum absolute atomic E-state index is 0.00694. The molecule has 74 valence electrons.